The molecule has 0 spiro atoms. The van der Waals surface area contributed by atoms with Crippen LogP contribution in [-0.2, 0) is 4.79 Å². The topological polar surface area (TPSA) is 117 Å². The molecule has 0 aromatic heterocycles. The molecule has 4 N–H and O–H groups in total. The summed E-state index contributed by atoms with van der Waals surface area (Å²) in [7, 11) is 0. The van der Waals surface area contributed by atoms with Crippen molar-refractivity contribution in [2.75, 3.05) is 68.7 Å². The molecular weight excluding hydrogens is 376 g/mol. The summed E-state index contributed by atoms with van der Waals surface area (Å²) in [5.41, 5.74) is 2.00. The Morgan fingerprint density at radius 1 is 0.828 bits per heavy atom. The van der Waals surface area contributed by atoms with E-state index in [-0.39, 0.29) is 11.9 Å². The highest BCUT2D eigenvalue weighted by molar-refractivity contribution is 6.05. The molecule has 3 fully saturated rings. The molecule has 158 valence electrons. The van der Waals surface area contributed by atoms with E-state index in [0.717, 1.165) is 45.0 Å². The number of nitrogens with one attached hydrogen (secondary N) is 3. The fraction of sp³-hybridized carbons (Fsp3) is 0.526. The highest BCUT2D eigenvalue weighted by Crippen LogP contribution is 2.22. The summed E-state index contributed by atoms with van der Waals surface area (Å²) in [5, 5.41) is 17.2. The van der Waals surface area contributed by atoms with Crippen molar-refractivity contribution in [1.29, 1.82) is 0 Å². The highest BCUT2D eigenvalue weighted by Gasteiger charge is 2.24. The van der Waals surface area contributed by atoms with Gasteiger partial charge in [-0.15, -0.1) is 0 Å². The van der Waals surface area contributed by atoms with Crippen LogP contribution in [0.2, 0.25) is 0 Å². The Morgan fingerprint density at radius 2 is 1.38 bits per heavy atom. The smallest absolute Gasteiger partial charge is 0.407 e. The summed E-state index contributed by atoms with van der Waals surface area (Å²) in [4.78, 5) is 38.5. The largest absolute Gasteiger partial charge is 0.465 e. The van der Waals surface area contributed by atoms with Crippen molar-refractivity contribution < 1.29 is 19.5 Å². The van der Waals surface area contributed by atoms with Crippen LogP contribution in [0.25, 0.3) is 0 Å². The molecule has 1 aromatic rings. The Bertz CT molecular complexity index is 714. The quantitative estimate of drug-likeness (QED) is 0.553. The molecule has 29 heavy (non-hydrogen) atoms. The van der Waals surface area contributed by atoms with Gasteiger partial charge in [-0.2, -0.15) is 0 Å². The Labute approximate surface area is 169 Å². The number of anilines is 2. The van der Waals surface area contributed by atoms with Crippen LogP contribution in [0.3, 0.4) is 0 Å². The molecule has 0 bridgehead atoms. The maximum absolute atomic E-state index is 11.8. The van der Waals surface area contributed by atoms with Crippen molar-refractivity contribution in [2.45, 2.75) is 6.42 Å². The number of urea groups is 1. The lowest BCUT2D eigenvalue weighted by atomic mass is 10.2. The number of benzene rings is 1. The van der Waals surface area contributed by atoms with E-state index in [1.165, 1.54) is 10.6 Å². The maximum atomic E-state index is 11.8. The van der Waals surface area contributed by atoms with Gasteiger partial charge in [0, 0.05) is 76.7 Å². The summed E-state index contributed by atoms with van der Waals surface area (Å²) in [5.74, 6) is -0.205. The van der Waals surface area contributed by atoms with Gasteiger partial charge in [0.05, 0.1) is 0 Å². The third-order valence-corrected chi connectivity index (χ3v) is 5.09. The van der Waals surface area contributed by atoms with Gasteiger partial charge < -0.3 is 25.5 Å². The zero-order valence-electron chi connectivity index (χ0n) is 16.4. The van der Waals surface area contributed by atoms with Crippen molar-refractivity contribution in [2.24, 2.45) is 0 Å². The van der Waals surface area contributed by atoms with Gasteiger partial charge in [0.1, 0.15) is 0 Å². The van der Waals surface area contributed by atoms with E-state index in [9.17, 15) is 14.4 Å². The van der Waals surface area contributed by atoms with Gasteiger partial charge in [0.25, 0.3) is 0 Å². The predicted molar refractivity (Wildman–Crippen MR) is 109 cm³/mol. The molecule has 0 aliphatic carbocycles. The van der Waals surface area contributed by atoms with Crippen molar-refractivity contribution in [3.8, 4) is 0 Å². The van der Waals surface area contributed by atoms with E-state index in [0.29, 0.717) is 26.1 Å². The number of nitrogens with zero attached hydrogens (tertiary/aromatic N) is 3. The maximum Gasteiger partial charge on any atom is 0.407 e. The van der Waals surface area contributed by atoms with Gasteiger partial charge in [-0.05, 0) is 24.3 Å². The number of carboxylic acid groups (broad SMARTS) is 1. The molecule has 0 atom stereocenters. The highest BCUT2D eigenvalue weighted by atomic mass is 16.4. The van der Waals surface area contributed by atoms with E-state index < -0.39 is 6.09 Å². The normalized spacial score (nSPS) is 19.9. The lowest BCUT2D eigenvalue weighted by Crippen LogP contribution is -2.49. The molecule has 0 radical (unpaired) electrons. The Morgan fingerprint density at radius 3 is 1.90 bits per heavy atom. The van der Waals surface area contributed by atoms with E-state index >= 15 is 0 Å². The van der Waals surface area contributed by atoms with E-state index in [2.05, 4.69) is 20.9 Å². The van der Waals surface area contributed by atoms with Crippen LogP contribution in [-0.4, -0.2) is 86.9 Å². The van der Waals surface area contributed by atoms with Crippen molar-refractivity contribution >= 4 is 29.4 Å². The molecule has 10 heteroatoms. The number of amides is 4. The predicted octanol–water partition coefficient (Wildman–Crippen LogP) is 0.112. The SMILES string of the molecule is O=C(O)N1CCNCC1.O=C1CCN(c2ccc(N3CCNCC3)cc2)C(=O)N1. The Balaban J connectivity index is 0.000000224. The number of rotatable bonds is 2. The minimum atomic E-state index is -0.809. The summed E-state index contributed by atoms with van der Waals surface area (Å²) in [6, 6.07) is 7.60. The van der Waals surface area contributed by atoms with Crippen molar-refractivity contribution in [1.82, 2.24) is 20.9 Å². The first-order chi connectivity index (χ1) is 14.0. The molecular formula is C19H28N6O4. The lowest BCUT2D eigenvalue weighted by molar-refractivity contribution is -0.120. The second-order valence-corrected chi connectivity index (χ2v) is 7.03. The number of piperazine rings is 2. The fourth-order valence-electron chi connectivity index (χ4n) is 3.43. The zero-order valence-corrected chi connectivity index (χ0v) is 16.4. The van der Waals surface area contributed by atoms with Crippen molar-refractivity contribution in [3.63, 3.8) is 0 Å². The van der Waals surface area contributed by atoms with Gasteiger partial charge in [-0.1, -0.05) is 0 Å². The Kier molecular flexibility index (Phi) is 7.25. The molecule has 1 aromatic carbocycles. The first-order valence-corrected chi connectivity index (χ1v) is 9.90. The van der Waals surface area contributed by atoms with Crippen LogP contribution in [0.15, 0.2) is 24.3 Å². The van der Waals surface area contributed by atoms with Gasteiger partial charge in [0.15, 0.2) is 0 Å². The molecule has 3 aliphatic rings. The minimum Gasteiger partial charge on any atom is -0.465 e. The molecule has 4 amide bonds. The van der Waals surface area contributed by atoms with Crippen LogP contribution < -0.4 is 25.8 Å². The molecule has 4 rings (SSSR count). The first kappa shape index (κ1) is 20.9. The third-order valence-electron chi connectivity index (χ3n) is 5.09. The van der Waals surface area contributed by atoms with Gasteiger partial charge in [-0.3, -0.25) is 15.0 Å². The van der Waals surface area contributed by atoms with Crippen LogP contribution >= 0.6 is 0 Å². The summed E-state index contributed by atoms with van der Waals surface area (Å²) < 4.78 is 0. The average Bonchev–Trinajstić information content (AvgIpc) is 2.76. The first-order valence-electron chi connectivity index (χ1n) is 9.90. The number of hydrogen-bond donors (Lipinski definition) is 4. The van der Waals surface area contributed by atoms with Crippen molar-refractivity contribution in [3.05, 3.63) is 24.3 Å². The molecule has 10 nitrogen and oxygen atoms in total. The summed E-state index contributed by atoms with van der Waals surface area (Å²) in [6.45, 7) is 7.24. The number of carbonyl (C=O) groups excluding carboxylic acids is 2. The minimum absolute atomic E-state index is 0.205. The van der Waals surface area contributed by atoms with E-state index in [1.807, 2.05) is 24.3 Å². The summed E-state index contributed by atoms with van der Waals surface area (Å²) >= 11 is 0. The van der Waals surface area contributed by atoms with Gasteiger partial charge in [0.2, 0.25) is 5.91 Å². The van der Waals surface area contributed by atoms with Crippen LogP contribution in [0.4, 0.5) is 21.0 Å². The molecule has 3 heterocycles. The number of imide groups is 1. The van der Waals surface area contributed by atoms with E-state index in [1.54, 1.807) is 4.90 Å². The second-order valence-electron chi connectivity index (χ2n) is 7.03. The molecule has 0 saturated carbocycles. The number of hydrogen-bond acceptors (Lipinski definition) is 6. The summed E-state index contributed by atoms with van der Waals surface area (Å²) in [6.07, 6.45) is -0.456. The van der Waals surface area contributed by atoms with E-state index in [4.69, 9.17) is 5.11 Å². The average molecular weight is 404 g/mol. The van der Waals surface area contributed by atoms with Crippen LogP contribution in [0.1, 0.15) is 6.42 Å². The second kappa shape index (κ2) is 10.1. The zero-order chi connectivity index (χ0) is 20.6. The Hall–Kier alpha value is -2.85. The van der Waals surface area contributed by atoms with Crippen LogP contribution in [0.5, 0.6) is 0 Å². The molecule has 3 aliphatic heterocycles. The lowest BCUT2D eigenvalue weighted by Gasteiger charge is -2.30. The number of carbonyl (C=O) groups is 3. The van der Waals surface area contributed by atoms with Crippen LogP contribution in [0, 0.1) is 0 Å². The van der Waals surface area contributed by atoms with Gasteiger partial charge >= 0.3 is 12.1 Å². The standard InChI is InChI=1S/C14H18N4O2.C5H10N2O2/c19-13-5-8-18(14(20)16-13)12-3-1-11(2-4-12)17-9-6-15-7-10-17;8-5(9)7-3-1-6-2-4-7/h1-4,15H,5-10H2,(H,16,19,20);6H,1-4H2,(H,8,9). The van der Waals surface area contributed by atoms with Gasteiger partial charge in [-0.25, -0.2) is 9.59 Å². The monoisotopic (exact) mass is 404 g/mol. The fourth-order valence-corrected chi connectivity index (χ4v) is 3.43. The molecule has 0 unspecified atom stereocenters. The third kappa shape index (κ3) is 5.81. The molecule has 3 saturated heterocycles.